The first-order valence-corrected chi connectivity index (χ1v) is 29.6. The van der Waals surface area contributed by atoms with Gasteiger partial charge in [-0.3, -0.25) is 19.2 Å². The number of nitrogens with one attached hydrogen (secondary N) is 7. The Morgan fingerprint density at radius 3 is 1.36 bits per heavy atom. The second-order valence-electron chi connectivity index (χ2n) is 27.8. The molecule has 1 saturated carbocycles. The summed E-state index contributed by atoms with van der Waals surface area (Å²) in [6.45, 7) is 31.4. The zero-order valence-electron chi connectivity index (χ0n) is 55.5. The Labute approximate surface area is 521 Å². The summed E-state index contributed by atoms with van der Waals surface area (Å²) in [5.41, 5.74) is 1.34. The van der Waals surface area contributed by atoms with Gasteiger partial charge in [0.05, 0.1) is 48.5 Å². The van der Waals surface area contributed by atoms with Crippen LogP contribution >= 0.6 is 0 Å². The third-order valence-corrected chi connectivity index (χ3v) is 12.2. The number of alkyl carbamates (subject to hydrolysis) is 6. The molecule has 0 aromatic rings. The van der Waals surface area contributed by atoms with E-state index in [2.05, 4.69) is 37.2 Å². The monoisotopic (exact) mass is 1280 g/mol. The zero-order valence-corrected chi connectivity index (χ0v) is 55.5. The fourth-order valence-electron chi connectivity index (χ4n) is 9.22. The van der Waals surface area contributed by atoms with Crippen LogP contribution in [-0.4, -0.2) is 199 Å². The second kappa shape index (κ2) is 31.8. The first-order valence-electron chi connectivity index (χ1n) is 29.6. The predicted molar refractivity (Wildman–Crippen MR) is 314 cm³/mol. The van der Waals surface area contributed by atoms with E-state index in [1.165, 1.54) is 0 Å². The Balaban J connectivity index is 2.43. The average molecular weight is 1280 g/mol. The third kappa shape index (κ3) is 29.2. The summed E-state index contributed by atoms with van der Waals surface area (Å²) >= 11 is 0. The van der Waals surface area contributed by atoms with E-state index in [1.807, 2.05) is 0 Å². The van der Waals surface area contributed by atoms with Gasteiger partial charge in [0, 0.05) is 40.3 Å². The van der Waals surface area contributed by atoms with Gasteiger partial charge in [0.15, 0.2) is 24.8 Å². The molecule has 510 valence electrons. The highest BCUT2D eigenvalue weighted by atomic mass is 16.7. The Bertz CT molecular complexity index is 2440. The number of hydrogen-bond acceptors (Lipinski definition) is 24. The first kappa shape index (κ1) is 76.5. The molecular formula is C58H100N8O23. The normalized spacial score (nSPS) is 26.2. The van der Waals surface area contributed by atoms with Gasteiger partial charge in [0.1, 0.15) is 52.4 Å². The molecule has 0 radical (unpaired) electrons. The fourth-order valence-corrected chi connectivity index (χ4v) is 9.22. The van der Waals surface area contributed by atoms with E-state index in [-0.39, 0.29) is 32.4 Å². The lowest BCUT2D eigenvalue weighted by atomic mass is 9.81. The largest absolute Gasteiger partial charge is 0.463 e. The molecule has 0 unspecified atom stereocenters. The molecule has 14 atom stereocenters. The molecule has 2 aliphatic heterocycles. The van der Waals surface area contributed by atoms with Gasteiger partial charge in [-0.05, 0) is 144 Å². The standard InChI is InChI=1S/C58H100N8O23/c1-29(67)77-28-37-43(79-31(3)69)39(65-51(75)88-57(16,17)18)40(66-52(76)89-58(19,20)21)46(81-37)83-41-34(62-44(70)36(78-30(2)68)24-25-60-47(71)84-53(4,5)6)26-35(64-50(74)87-56(13,14)15)42(38(41)59)82-45-33(63-49(73)86-55(10,11)12)23-22-32(80-45)27-61-48(72)85-54(7,8)9/h32-43,45-46H,22-28,59H2,1-21H3,(H,60,71)(H,61,72)(H,62,70)(H,63,73)(H,64,74)(H,65,75)(H,66,76)/t32-,33+,34+,35-,36-,37+,38-,39+,40+,41-,42+,43+,45+,46+/m0/s1. The predicted octanol–water partition coefficient (Wildman–Crippen LogP) is 4.64. The first-order chi connectivity index (χ1) is 40.6. The van der Waals surface area contributed by atoms with Crippen LogP contribution in [0.25, 0.3) is 0 Å². The molecule has 0 aromatic carbocycles. The molecule has 0 spiro atoms. The van der Waals surface area contributed by atoms with Gasteiger partial charge in [-0.25, -0.2) is 28.8 Å². The molecule has 3 rings (SSSR count). The van der Waals surface area contributed by atoms with Crippen molar-refractivity contribution in [2.24, 2.45) is 5.73 Å². The Morgan fingerprint density at radius 2 is 0.899 bits per heavy atom. The van der Waals surface area contributed by atoms with E-state index in [4.69, 9.17) is 67.3 Å². The van der Waals surface area contributed by atoms with E-state index in [0.717, 1.165) is 20.8 Å². The van der Waals surface area contributed by atoms with Crippen LogP contribution in [0.5, 0.6) is 0 Å². The molecule has 0 aromatic heterocycles. The minimum absolute atomic E-state index is 0.118. The van der Waals surface area contributed by atoms with Crippen molar-refractivity contribution in [2.75, 3.05) is 19.7 Å². The summed E-state index contributed by atoms with van der Waals surface area (Å²) in [6, 6.07) is -8.77. The third-order valence-electron chi connectivity index (χ3n) is 12.2. The summed E-state index contributed by atoms with van der Waals surface area (Å²) in [6.07, 6.45) is -18.3. The van der Waals surface area contributed by atoms with Crippen molar-refractivity contribution < 1.29 is 110 Å². The van der Waals surface area contributed by atoms with Crippen LogP contribution in [0.3, 0.4) is 0 Å². The van der Waals surface area contributed by atoms with E-state index < -0.39 is 192 Å². The smallest absolute Gasteiger partial charge is 0.408 e. The van der Waals surface area contributed by atoms with Crippen LogP contribution in [0, 0.1) is 0 Å². The van der Waals surface area contributed by atoms with Crippen LogP contribution in [0.4, 0.5) is 28.8 Å². The van der Waals surface area contributed by atoms with Gasteiger partial charge in [0.25, 0.3) is 5.91 Å². The SMILES string of the molecule is CC(=O)OC[C@H]1O[C@H](O[C@@H]2[C@H](N)[C@H](O[C@H]3O[C@H](CNC(=O)OC(C)(C)C)CC[C@H]3NC(=O)OC(C)(C)C)[C@@H](NC(=O)OC(C)(C)C)C[C@H]2NC(=O)[C@H](CCNC(=O)OC(C)(C)C)OC(C)=O)[C@H](NC(=O)OC(C)(C)C)[C@@H](NC(=O)OC(C)(C)C)[C@@H]1OC(C)=O. The summed E-state index contributed by atoms with van der Waals surface area (Å²) in [7, 11) is 0. The van der Waals surface area contributed by atoms with Crippen LogP contribution < -0.4 is 43.0 Å². The van der Waals surface area contributed by atoms with E-state index in [1.54, 1.807) is 125 Å². The molecule has 31 heteroatoms. The van der Waals surface area contributed by atoms with Gasteiger partial charge in [0.2, 0.25) is 0 Å². The van der Waals surface area contributed by atoms with E-state index in [0.29, 0.717) is 0 Å². The topological polar surface area (TPSA) is 401 Å². The molecule has 9 N–H and O–H groups in total. The summed E-state index contributed by atoms with van der Waals surface area (Å²) < 4.78 is 77.0. The summed E-state index contributed by atoms with van der Waals surface area (Å²) in [4.78, 5) is 134. The van der Waals surface area contributed by atoms with Crippen LogP contribution in [0.2, 0.25) is 0 Å². The zero-order chi connectivity index (χ0) is 67.9. The maximum absolute atomic E-state index is 14.8. The fraction of sp³-hybridized carbons (Fsp3) is 0.828. The molecule has 2 heterocycles. The number of rotatable bonds is 19. The highest BCUT2D eigenvalue weighted by Gasteiger charge is 2.55. The number of esters is 3. The van der Waals surface area contributed by atoms with Crippen molar-refractivity contribution in [2.45, 2.75) is 290 Å². The number of amides is 7. The molecular weight excluding hydrogens is 1180 g/mol. The second-order valence-corrected chi connectivity index (χ2v) is 27.8. The minimum atomic E-state index is -1.92. The molecule has 3 aliphatic rings. The van der Waals surface area contributed by atoms with Crippen molar-refractivity contribution in [1.82, 2.24) is 37.2 Å². The average Bonchev–Trinajstić information content (AvgIpc) is 0.910. The van der Waals surface area contributed by atoms with E-state index >= 15 is 0 Å². The lowest BCUT2D eigenvalue weighted by molar-refractivity contribution is -0.285. The van der Waals surface area contributed by atoms with Crippen LogP contribution in [0.15, 0.2) is 0 Å². The van der Waals surface area contributed by atoms with Crippen molar-refractivity contribution in [3.8, 4) is 0 Å². The highest BCUT2D eigenvalue weighted by molar-refractivity contribution is 5.84. The lowest BCUT2D eigenvalue weighted by Crippen LogP contribution is -2.74. The molecule has 7 amide bonds. The number of hydrogen-bond donors (Lipinski definition) is 8. The lowest BCUT2D eigenvalue weighted by Gasteiger charge is -2.51. The maximum atomic E-state index is 14.8. The summed E-state index contributed by atoms with van der Waals surface area (Å²) in [5.74, 6) is -3.60. The van der Waals surface area contributed by atoms with Gasteiger partial charge in [-0.2, -0.15) is 0 Å². The Kier molecular flexibility index (Phi) is 27.4. The maximum Gasteiger partial charge on any atom is 0.408 e. The van der Waals surface area contributed by atoms with Crippen molar-refractivity contribution in [3.05, 3.63) is 0 Å². The molecule has 2 saturated heterocycles. The van der Waals surface area contributed by atoms with Gasteiger partial charge >= 0.3 is 54.5 Å². The van der Waals surface area contributed by atoms with Crippen molar-refractivity contribution in [3.63, 3.8) is 0 Å². The van der Waals surface area contributed by atoms with Gasteiger partial charge in [-0.15, -0.1) is 0 Å². The van der Waals surface area contributed by atoms with E-state index in [9.17, 15) is 47.9 Å². The summed E-state index contributed by atoms with van der Waals surface area (Å²) in [5, 5.41) is 19.0. The highest BCUT2D eigenvalue weighted by Crippen LogP contribution is 2.34. The molecule has 3 fully saturated rings. The van der Waals surface area contributed by atoms with Crippen LogP contribution in [0.1, 0.15) is 171 Å². The molecule has 89 heavy (non-hydrogen) atoms. The number of ether oxygens (including phenoxy) is 13. The Morgan fingerprint density at radius 1 is 0.472 bits per heavy atom. The Hall–Kier alpha value is -6.70. The quantitative estimate of drug-likeness (QED) is 0.0645. The van der Waals surface area contributed by atoms with Gasteiger partial charge in [-0.1, -0.05) is 0 Å². The molecule has 31 nitrogen and oxygen atoms in total. The van der Waals surface area contributed by atoms with Crippen molar-refractivity contribution in [1.29, 1.82) is 0 Å². The molecule has 0 bridgehead atoms. The van der Waals surface area contributed by atoms with Crippen molar-refractivity contribution >= 4 is 60.4 Å². The van der Waals surface area contributed by atoms with Gasteiger partial charge < -0.3 is 105 Å². The van der Waals surface area contributed by atoms with Crippen LogP contribution in [-0.2, 0) is 80.8 Å². The number of nitrogens with two attached hydrogens (primary N) is 1. The molecule has 1 aliphatic carbocycles. The number of carbonyl (C=O) groups is 10. The minimum Gasteiger partial charge on any atom is -0.463 e. The number of carbonyl (C=O) groups excluding carboxylic acids is 10.